The van der Waals surface area contributed by atoms with Gasteiger partial charge in [-0.2, -0.15) is 0 Å². The van der Waals surface area contributed by atoms with Gasteiger partial charge < -0.3 is 14.6 Å². The first-order chi connectivity index (χ1) is 9.06. The number of hydrogen-bond donors (Lipinski definition) is 2. The maximum Gasteiger partial charge on any atom is 0.330 e. The van der Waals surface area contributed by atoms with Gasteiger partial charge in [-0.3, -0.25) is 19.1 Å². The number of hydrogen-bond acceptors (Lipinski definition) is 6. The van der Waals surface area contributed by atoms with Crippen molar-refractivity contribution in [1.82, 2.24) is 9.55 Å². The number of carbonyl (C=O) groups is 1. The molecule has 8 heteroatoms. The number of nitrogens with zero attached hydrogens (tertiary/aromatic N) is 1. The average molecular weight is 270 g/mol. The summed E-state index contributed by atoms with van der Waals surface area (Å²) >= 11 is 0. The first-order valence-corrected chi connectivity index (χ1v) is 5.72. The van der Waals surface area contributed by atoms with E-state index in [1.54, 1.807) is 0 Å². The standard InChI is InChI=1S/C11H14N2O6/c1-18-10(16)6-4-9(19-7(6)5-14)13-3-2-8(15)12-11(13)17/h2-3,6-7,9,14H,4-5H2,1H3,(H,12,15,17)/t6-,7+,9+/m0/s1. The third kappa shape index (κ3) is 2.59. The highest BCUT2D eigenvalue weighted by Gasteiger charge is 2.41. The van der Waals surface area contributed by atoms with E-state index in [1.165, 1.54) is 23.9 Å². The van der Waals surface area contributed by atoms with Gasteiger partial charge in [0.25, 0.3) is 5.56 Å². The molecule has 1 saturated heterocycles. The van der Waals surface area contributed by atoms with Gasteiger partial charge in [-0.25, -0.2) is 4.79 Å². The van der Waals surface area contributed by atoms with Gasteiger partial charge in [-0.1, -0.05) is 0 Å². The molecule has 0 bridgehead atoms. The number of aromatic amines is 1. The average Bonchev–Trinajstić information content (AvgIpc) is 2.81. The Bertz CT molecular complexity index is 577. The number of methoxy groups -OCH3 is 1. The second-order valence-electron chi connectivity index (χ2n) is 4.19. The number of aliphatic hydroxyl groups is 1. The maximum atomic E-state index is 11.6. The molecule has 1 aromatic rings. The Morgan fingerprint density at radius 1 is 1.63 bits per heavy atom. The smallest absolute Gasteiger partial charge is 0.330 e. The lowest BCUT2D eigenvalue weighted by molar-refractivity contribution is -0.148. The third-order valence-corrected chi connectivity index (χ3v) is 3.08. The predicted octanol–water partition coefficient (Wildman–Crippen LogP) is -1.39. The first kappa shape index (κ1) is 13.5. The summed E-state index contributed by atoms with van der Waals surface area (Å²) in [4.78, 5) is 36.2. The first-order valence-electron chi connectivity index (χ1n) is 5.72. The van der Waals surface area contributed by atoms with Crippen molar-refractivity contribution >= 4 is 5.97 Å². The van der Waals surface area contributed by atoms with E-state index in [4.69, 9.17) is 4.74 Å². The van der Waals surface area contributed by atoms with Crippen LogP contribution in [0, 0.1) is 5.92 Å². The molecule has 104 valence electrons. The van der Waals surface area contributed by atoms with Crippen LogP contribution >= 0.6 is 0 Å². The van der Waals surface area contributed by atoms with Crippen molar-refractivity contribution in [2.24, 2.45) is 5.92 Å². The molecule has 2 rings (SSSR count). The van der Waals surface area contributed by atoms with Crippen molar-refractivity contribution in [3.8, 4) is 0 Å². The summed E-state index contributed by atoms with van der Waals surface area (Å²) < 4.78 is 11.2. The molecule has 0 aromatic carbocycles. The zero-order valence-electron chi connectivity index (χ0n) is 10.2. The number of aromatic nitrogens is 2. The second-order valence-corrected chi connectivity index (χ2v) is 4.19. The van der Waals surface area contributed by atoms with Crippen LogP contribution in [0.15, 0.2) is 21.9 Å². The Balaban J connectivity index is 2.26. The Kier molecular flexibility index (Phi) is 3.82. The van der Waals surface area contributed by atoms with Crippen LogP contribution in [0.5, 0.6) is 0 Å². The van der Waals surface area contributed by atoms with E-state index in [-0.39, 0.29) is 13.0 Å². The van der Waals surface area contributed by atoms with E-state index in [0.29, 0.717) is 0 Å². The summed E-state index contributed by atoms with van der Waals surface area (Å²) in [6.07, 6.45) is 0.0472. The van der Waals surface area contributed by atoms with Crippen molar-refractivity contribution in [3.05, 3.63) is 33.1 Å². The Morgan fingerprint density at radius 3 is 2.95 bits per heavy atom. The van der Waals surface area contributed by atoms with Crippen LogP contribution in [0.3, 0.4) is 0 Å². The second kappa shape index (κ2) is 5.37. The summed E-state index contributed by atoms with van der Waals surface area (Å²) in [5.41, 5.74) is -1.14. The fourth-order valence-corrected chi connectivity index (χ4v) is 2.12. The highest BCUT2D eigenvalue weighted by molar-refractivity contribution is 5.73. The van der Waals surface area contributed by atoms with Crippen LogP contribution in [0.25, 0.3) is 0 Å². The van der Waals surface area contributed by atoms with Gasteiger partial charge in [0.15, 0.2) is 0 Å². The van der Waals surface area contributed by atoms with Crippen LogP contribution in [-0.2, 0) is 14.3 Å². The van der Waals surface area contributed by atoms with Gasteiger partial charge in [0.1, 0.15) is 6.23 Å². The summed E-state index contributed by atoms with van der Waals surface area (Å²) in [5.74, 6) is -1.14. The van der Waals surface area contributed by atoms with Gasteiger partial charge in [0, 0.05) is 18.7 Å². The largest absolute Gasteiger partial charge is 0.469 e. The molecular formula is C11H14N2O6. The molecule has 0 radical (unpaired) electrons. The van der Waals surface area contributed by atoms with Crippen molar-refractivity contribution in [2.45, 2.75) is 18.8 Å². The van der Waals surface area contributed by atoms with Crippen LogP contribution in [0.1, 0.15) is 12.6 Å². The minimum atomic E-state index is -0.726. The summed E-state index contributed by atoms with van der Waals surface area (Å²) in [6, 6.07) is 1.18. The van der Waals surface area contributed by atoms with E-state index in [0.717, 1.165) is 0 Å². The van der Waals surface area contributed by atoms with E-state index in [9.17, 15) is 19.5 Å². The highest BCUT2D eigenvalue weighted by Crippen LogP contribution is 2.33. The predicted molar refractivity (Wildman–Crippen MR) is 62.4 cm³/mol. The van der Waals surface area contributed by atoms with Crippen molar-refractivity contribution in [2.75, 3.05) is 13.7 Å². The van der Waals surface area contributed by atoms with Crippen LogP contribution < -0.4 is 11.2 Å². The summed E-state index contributed by atoms with van der Waals surface area (Å²) in [7, 11) is 1.25. The summed E-state index contributed by atoms with van der Waals surface area (Å²) in [5, 5.41) is 9.18. The molecule has 0 saturated carbocycles. The molecule has 0 unspecified atom stereocenters. The number of nitrogens with one attached hydrogen (secondary N) is 1. The maximum absolute atomic E-state index is 11.6. The van der Waals surface area contributed by atoms with Crippen molar-refractivity contribution in [1.29, 1.82) is 0 Å². The zero-order valence-corrected chi connectivity index (χ0v) is 10.2. The molecule has 1 aromatic heterocycles. The fraction of sp³-hybridized carbons (Fsp3) is 0.545. The van der Waals surface area contributed by atoms with E-state index < -0.39 is 35.5 Å². The quantitative estimate of drug-likeness (QED) is 0.654. The van der Waals surface area contributed by atoms with Gasteiger partial charge >= 0.3 is 11.7 Å². The lowest BCUT2D eigenvalue weighted by atomic mass is 10.0. The minimum absolute atomic E-state index is 0.198. The van der Waals surface area contributed by atoms with E-state index in [1.807, 2.05) is 0 Å². The van der Waals surface area contributed by atoms with Crippen LogP contribution in [0.4, 0.5) is 0 Å². The SMILES string of the molecule is COC(=O)[C@H]1C[C@H](n2ccc(=O)[nH]c2=O)O[C@@H]1CO. The number of ether oxygens (including phenoxy) is 2. The Morgan fingerprint density at radius 2 is 2.37 bits per heavy atom. The molecule has 0 amide bonds. The number of H-pyrrole nitrogens is 1. The number of aliphatic hydroxyl groups excluding tert-OH is 1. The molecule has 19 heavy (non-hydrogen) atoms. The fourth-order valence-electron chi connectivity index (χ4n) is 2.12. The van der Waals surface area contributed by atoms with Gasteiger partial charge in [0.2, 0.25) is 0 Å². The third-order valence-electron chi connectivity index (χ3n) is 3.08. The van der Waals surface area contributed by atoms with Crippen molar-refractivity contribution < 1.29 is 19.4 Å². The van der Waals surface area contributed by atoms with Crippen LogP contribution in [-0.4, -0.2) is 40.4 Å². The molecular weight excluding hydrogens is 256 g/mol. The highest BCUT2D eigenvalue weighted by atomic mass is 16.5. The number of carbonyl (C=O) groups excluding carboxylic acids is 1. The molecule has 1 aliphatic rings. The van der Waals surface area contributed by atoms with Gasteiger partial charge in [0.05, 0.1) is 25.7 Å². The van der Waals surface area contributed by atoms with Crippen LogP contribution in [0.2, 0.25) is 0 Å². The van der Waals surface area contributed by atoms with Crippen molar-refractivity contribution in [3.63, 3.8) is 0 Å². The minimum Gasteiger partial charge on any atom is -0.469 e. The Labute approximate surface area is 107 Å². The van der Waals surface area contributed by atoms with Gasteiger partial charge in [-0.15, -0.1) is 0 Å². The molecule has 1 fully saturated rings. The Hall–Kier alpha value is -1.93. The molecule has 2 N–H and O–H groups in total. The molecule has 0 spiro atoms. The van der Waals surface area contributed by atoms with E-state index >= 15 is 0 Å². The molecule has 0 aliphatic carbocycles. The van der Waals surface area contributed by atoms with E-state index in [2.05, 4.69) is 9.72 Å². The molecule has 2 heterocycles. The number of esters is 1. The summed E-state index contributed by atoms with van der Waals surface area (Å²) in [6.45, 7) is -0.353. The lowest BCUT2D eigenvalue weighted by Crippen LogP contribution is -2.31. The number of rotatable bonds is 3. The normalized spacial score (nSPS) is 26.3. The molecule has 8 nitrogen and oxygen atoms in total. The molecule has 1 aliphatic heterocycles. The zero-order chi connectivity index (χ0) is 14.0. The van der Waals surface area contributed by atoms with Gasteiger partial charge in [-0.05, 0) is 0 Å². The monoisotopic (exact) mass is 270 g/mol. The topological polar surface area (TPSA) is 111 Å². The lowest BCUT2D eigenvalue weighted by Gasteiger charge is -2.14. The molecule has 3 atom stereocenters.